The van der Waals surface area contributed by atoms with E-state index in [-0.39, 0.29) is 17.9 Å². The molecule has 0 aliphatic heterocycles. The zero-order valence-corrected chi connectivity index (χ0v) is 20.8. The highest BCUT2D eigenvalue weighted by molar-refractivity contribution is 7.20. The Kier molecular flexibility index (Phi) is 7.63. The number of aryl methyl sites for hydroxylation is 1. The molecule has 2 aromatic carbocycles. The smallest absolute Gasteiger partial charge is 0.354 e. The van der Waals surface area contributed by atoms with Crippen molar-refractivity contribution < 1.29 is 19.1 Å². The number of ether oxygens (including phenoxy) is 2. The van der Waals surface area contributed by atoms with Gasteiger partial charge in [-0.2, -0.15) is 0 Å². The van der Waals surface area contributed by atoms with E-state index in [0.29, 0.717) is 37.9 Å². The monoisotopic (exact) mass is 510 g/mol. The molecule has 7 nitrogen and oxygen atoms in total. The number of aromatic nitrogens is 2. The predicted octanol–water partition coefficient (Wildman–Crippen LogP) is 5.64. The van der Waals surface area contributed by atoms with Crippen molar-refractivity contribution in [3.05, 3.63) is 91.8 Å². The molecule has 0 saturated heterocycles. The largest absolute Gasteiger partial charge is 0.462 e. The van der Waals surface area contributed by atoms with Crippen molar-refractivity contribution in [2.75, 3.05) is 6.61 Å². The Morgan fingerprint density at radius 3 is 2.54 bits per heavy atom. The lowest BCUT2D eigenvalue weighted by Gasteiger charge is -2.07. The van der Waals surface area contributed by atoms with E-state index in [9.17, 15) is 14.4 Å². The van der Waals surface area contributed by atoms with Gasteiger partial charge in [0, 0.05) is 5.02 Å². The molecule has 0 bridgehead atoms. The Labute approximate surface area is 210 Å². The number of fused-ring (bicyclic) bond motifs is 1. The summed E-state index contributed by atoms with van der Waals surface area (Å²) in [5.41, 5.74) is 1.43. The number of carbonyl (C=O) groups excluding carboxylic acids is 2. The standard InChI is InChI=1S/C26H23ClN2O5S/c1-3-4-13-33-25(31)17-9-11-19(12-10-17)34-26(32)22-16(2)21-23(35-22)28-15-29(24(21)30)14-18-7-5-6-8-20(18)27/h5-12,15H,3-4,13-14H2,1-2H3. The van der Waals surface area contributed by atoms with Crippen LogP contribution in [-0.4, -0.2) is 28.1 Å². The van der Waals surface area contributed by atoms with Crippen molar-refractivity contribution in [1.82, 2.24) is 9.55 Å². The van der Waals surface area contributed by atoms with Crippen LogP contribution in [-0.2, 0) is 11.3 Å². The van der Waals surface area contributed by atoms with E-state index >= 15 is 0 Å². The van der Waals surface area contributed by atoms with E-state index in [2.05, 4.69) is 4.98 Å². The average Bonchev–Trinajstić information content (AvgIpc) is 3.20. The predicted molar refractivity (Wildman–Crippen MR) is 136 cm³/mol. The molecule has 0 fully saturated rings. The first-order valence-corrected chi connectivity index (χ1v) is 12.3. The summed E-state index contributed by atoms with van der Waals surface area (Å²) in [6.45, 7) is 4.35. The summed E-state index contributed by atoms with van der Waals surface area (Å²) in [5.74, 6) is -0.738. The lowest BCUT2D eigenvalue weighted by atomic mass is 10.2. The van der Waals surface area contributed by atoms with Crippen molar-refractivity contribution in [3.63, 3.8) is 0 Å². The van der Waals surface area contributed by atoms with Crippen LogP contribution >= 0.6 is 22.9 Å². The molecule has 2 heterocycles. The van der Waals surface area contributed by atoms with Gasteiger partial charge in [0.15, 0.2) is 0 Å². The van der Waals surface area contributed by atoms with Crippen LogP contribution in [0.25, 0.3) is 10.2 Å². The fraction of sp³-hybridized carbons (Fsp3) is 0.231. The topological polar surface area (TPSA) is 87.5 Å². The van der Waals surface area contributed by atoms with E-state index in [1.165, 1.54) is 23.0 Å². The third kappa shape index (κ3) is 5.44. The van der Waals surface area contributed by atoms with E-state index in [1.807, 2.05) is 25.1 Å². The van der Waals surface area contributed by atoms with Gasteiger partial charge < -0.3 is 9.47 Å². The van der Waals surface area contributed by atoms with Crippen LogP contribution in [0.3, 0.4) is 0 Å². The molecular weight excluding hydrogens is 488 g/mol. The molecule has 0 N–H and O–H groups in total. The minimum Gasteiger partial charge on any atom is -0.462 e. The molecule has 9 heteroatoms. The summed E-state index contributed by atoms with van der Waals surface area (Å²) >= 11 is 7.34. The summed E-state index contributed by atoms with van der Waals surface area (Å²) in [7, 11) is 0. The van der Waals surface area contributed by atoms with E-state index in [4.69, 9.17) is 21.1 Å². The molecule has 0 saturated carbocycles. The molecule has 4 aromatic rings. The van der Waals surface area contributed by atoms with Gasteiger partial charge in [-0.25, -0.2) is 14.6 Å². The van der Waals surface area contributed by atoms with Gasteiger partial charge in [-0.05, 0) is 54.8 Å². The van der Waals surface area contributed by atoms with Crippen LogP contribution in [0, 0.1) is 6.92 Å². The maximum atomic E-state index is 13.1. The summed E-state index contributed by atoms with van der Waals surface area (Å²) in [5, 5.41) is 0.938. The Morgan fingerprint density at radius 2 is 1.83 bits per heavy atom. The second-order valence-corrected chi connectivity index (χ2v) is 9.32. The lowest BCUT2D eigenvalue weighted by molar-refractivity contribution is 0.0499. The number of hydrogen-bond donors (Lipinski definition) is 0. The lowest BCUT2D eigenvalue weighted by Crippen LogP contribution is -2.21. The Bertz CT molecular complexity index is 1440. The third-order valence-corrected chi connectivity index (χ3v) is 6.98. The molecule has 0 unspecified atom stereocenters. The van der Waals surface area contributed by atoms with Crippen LogP contribution in [0.15, 0.2) is 59.7 Å². The Morgan fingerprint density at radius 1 is 1.09 bits per heavy atom. The fourth-order valence-electron chi connectivity index (χ4n) is 3.48. The van der Waals surface area contributed by atoms with Crippen molar-refractivity contribution in [1.29, 1.82) is 0 Å². The second-order valence-electron chi connectivity index (χ2n) is 7.91. The highest BCUT2D eigenvalue weighted by Gasteiger charge is 2.21. The molecule has 0 amide bonds. The molecule has 35 heavy (non-hydrogen) atoms. The minimum absolute atomic E-state index is 0.256. The number of unbranched alkanes of at least 4 members (excludes halogenated alkanes) is 1. The molecule has 0 radical (unpaired) electrons. The molecule has 0 aliphatic rings. The van der Waals surface area contributed by atoms with E-state index < -0.39 is 11.9 Å². The van der Waals surface area contributed by atoms with Crippen LogP contribution < -0.4 is 10.3 Å². The van der Waals surface area contributed by atoms with Gasteiger partial charge in [0.05, 0.1) is 30.4 Å². The van der Waals surface area contributed by atoms with E-state index in [1.54, 1.807) is 25.1 Å². The highest BCUT2D eigenvalue weighted by atomic mass is 35.5. The summed E-state index contributed by atoms with van der Waals surface area (Å²) in [6.07, 6.45) is 3.19. The number of carbonyl (C=O) groups is 2. The molecule has 0 spiro atoms. The molecule has 4 rings (SSSR count). The molecule has 180 valence electrons. The van der Waals surface area contributed by atoms with Crippen LogP contribution in [0.4, 0.5) is 0 Å². The maximum Gasteiger partial charge on any atom is 0.354 e. The Balaban J connectivity index is 1.53. The zero-order chi connectivity index (χ0) is 24.9. The van der Waals surface area contributed by atoms with Gasteiger partial charge >= 0.3 is 11.9 Å². The number of rotatable bonds is 8. The summed E-state index contributed by atoms with van der Waals surface area (Å²) in [4.78, 5) is 43.2. The van der Waals surface area contributed by atoms with Gasteiger partial charge in [0.25, 0.3) is 5.56 Å². The SMILES string of the molecule is CCCCOC(=O)c1ccc(OC(=O)c2sc3ncn(Cc4ccccc4Cl)c(=O)c3c2C)cc1. The molecule has 2 aromatic heterocycles. The van der Waals surface area contributed by atoms with Crippen molar-refractivity contribution in [2.45, 2.75) is 33.2 Å². The molecule has 0 aliphatic carbocycles. The van der Waals surface area contributed by atoms with Crippen LogP contribution in [0.5, 0.6) is 5.75 Å². The van der Waals surface area contributed by atoms with Gasteiger partial charge in [-0.3, -0.25) is 9.36 Å². The summed E-state index contributed by atoms with van der Waals surface area (Å²) < 4.78 is 12.1. The van der Waals surface area contributed by atoms with Crippen molar-refractivity contribution >= 4 is 45.1 Å². The normalized spacial score (nSPS) is 10.9. The average molecular weight is 511 g/mol. The number of thiophene rings is 1. The number of benzene rings is 2. The van der Waals surface area contributed by atoms with Gasteiger partial charge in [-0.15, -0.1) is 11.3 Å². The third-order valence-electron chi connectivity index (χ3n) is 5.43. The first kappa shape index (κ1) is 24.6. The zero-order valence-electron chi connectivity index (χ0n) is 19.2. The quantitative estimate of drug-likeness (QED) is 0.173. The van der Waals surface area contributed by atoms with Crippen molar-refractivity contribution in [3.8, 4) is 5.75 Å². The van der Waals surface area contributed by atoms with E-state index in [0.717, 1.165) is 29.7 Å². The maximum absolute atomic E-state index is 13.1. The van der Waals surface area contributed by atoms with Crippen molar-refractivity contribution in [2.24, 2.45) is 0 Å². The second kappa shape index (κ2) is 10.8. The first-order valence-electron chi connectivity index (χ1n) is 11.1. The number of nitrogens with zero attached hydrogens (tertiary/aromatic N) is 2. The Hall–Kier alpha value is -3.49. The summed E-state index contributed by atoms with van der Waals surface area (Å²) in [6, 6.07) is 13.4. The number of halogens is 1. The van der Waals surface area contributed by atoms with Gasteiger partial charge in [0.2, 0.25) is 0 Å². The fourth-order valence-corrected chi connectivity index (χ4v) is 4.69. The number of esters is 2. The molecular formula is C26H23ClN2O5S. The molecule has 0 atom stereocenters. The highest BCUT2D eigenvalue weighted by Crippen LogP contribution is 2.28. The number of hydrogen-bond acceptors (Lipinski definition) is 7. The van der Waals surface area contributed by atoms with Gasteiger partial charge in [0.1, 0.15) is 15.5 Å². The van der Waals surface area contributed by atoms with Crippen LogP contribution in [0.1, 0.15) is 50.9 Å². The first-order chi connectivity index (χ1) is 16.9. The van der Waals surface area contributed by atoms with Gasteiger partial charge in [-0.1, -0.05) is 43.1 Å². The minimum atomic E-state index is -0.596. The van der Waals surface area contributed by atoms with Crippen LogP contribution in [0.2, 0.25) is 5.02 Å².